The molecule has 0 unspecified atom stereocenters. The zero-order valence-corrected chi connectivity index (χ0v) is 8.84. The van der Waals surface area contributed by atoms with Gasteiger partial charge < -0.3 is 11.5 Å². The van der Waals surface area contributed by atoms with Crippen LogP contribution in [-0.4, -0.2) is 20.4 Å². The van der Waals surface area contributed by atoms with Crippen LogP contribution in [0.2, 0.25) is 0 Å². The molecule has 0 heterocycles. The van der Waals surface area contributed by atoms with Crippen molar-refractivity contribution in [3.63, 3.8) is 0 Å². The van der Waals surface area contributed by atoms with Gasteiger partial charge in [0.25, 0.3) is 0 Å². The maximum Gasteiger partial charge on any atom is 0.147 e. The van der Waals surface area contributed by atoms with Crippen LogP contribution >= 0.6 is 0 Å². The van der Waals surface area contributed by atoms with Gasteiger partial charge in [-0.05, 0) is 30.2 Å². The Kier molecular flexibility index (Phi) is 3.00. The molecule has 1 rings (SSSR count). The first-order chi connectivity index (χ1) is 6.38. The van der Waals surface area contributed by atoms with Crippen molar-refractivity contribution in [3.8, 4) is 0 Å². The fraction of sp³-hybridized carbons (Fsp3) is 0.333. The topological polar surface area (TPSA) is 86.2 Å². The molecule has 0 aromatic heterocycles. The predicted molar refractivity (Wildman–Crippen MR) is 58.7 cm³/mol. The van der Waals surface area contributed by atoms with Crippen molar-refractivity contribution in [2.24, 2.45) is 0 Å². The summed E-state index contributed by atoms with van der Waals surface area (Å²) < 4.78 is 21.9. The van der Waals surface area contributed by atoms with Crippen LogP contribution in [0.15, 0.2) is 18.2 Å². The number of sulfone groups is 1. The van der Waals surface area contributed by atoms with Crippen LogP contribution in [0.1, 0.15) is 5.56 Å². The van der Waals surface area contributed by atoms with Gasteiger partial charge in [0.2, 0.25) is 0 Å². The summed E-state index contributed by atoms with van der Waals surface area (Å²) in [4.78, 5) is 0. The molecule has 78 valence electrons. The Labute approximate surface area is 83.8 Å². The van der Waals surface area contributed by atoms with E-state index < -0.39 is 9.84 Å². The molecule has 1 aromatic carbocycles. The Balaban J connectivity index is 2.81. The minimum atomic E-state index is -2.95. The molecule has 0 amide bonds. The van der Waals surface area contributed by atoms with Crippen LogP contribution in [0.25, 0.3) is 0 Å². The number of nitrogen functional groups attached to an aromatic ring is 2. The molecule has 0 aliphatic rings. The molecule has 0 saturated heterocycles. The third-order valence-electron chi connectivity index (χ3n) is 1.91. The fourth-order valence-corrected chi connectivity index (χ4v) is 1.73. The number of hydrogen-bond donors (Lipinski definition) is 2. The quantitative estimate of drug-likeness (QED) is 0.715. The SMILES string of the molecule is CS(=O)(=O)CCc1cc(N)ccc1N. The smallest absolute Gasteiger partial charge is 0.147 e. The van der Waals surface area contributed by atoms with Gasteiger partial charge in [0.05, 0.1) is 5.75 Å². The molecule has 14 heavy (non-hydrogen) atoms. The molecule has 0 aliphatic heterocycles. The molecule has 5 heteroatoms. The van der Waals surface area contributed by atoms with Crippen LogP contribution in [-0.2, 0) is 16.3 Å². The monoisotopic (exact) mass is 214 g/mol. The van der Waals surface area contributed by atoms with E-state index in [-0.39, 0.29) is 5.75 Å². The Morgan fingerprint density at radius 2 is 1.93 bits per heavy atom. The summed E-state index contributed by atoms with van der Waals surface area (Å²) in [6.45, 7) is 0. The highest BCUT2D eigenvalue weighted by Gasteiger charge is 2.05. The third kappa shape index (κ3) is 3.26. The molecule has 0 saturated carbocycles. The molecule has 0 spiro atoms. The summed E-state index contributed by atoms with van der Waals surface area (Å²) in [6.07, 6.45) is 1.62. The lowest BCUT2D eigenvalue weighted by Crippen LogP contribution is -2.07. The van der Waals surface area contributed by atoms with Gasteiger partial charge in [-0.1, -0.05) is 0 Å². The molecule has 4 N–H and O–H groups in total. The van der Waals surface area contributed by atoms with Crippen molar-refractivity contribution in [1.29, 1.82) is 0 Å². The van der Waals surface area contributed by atoms with Crippen molar-refractivity contribution >= 4 is 21.2 Å². The number of rotatable bonds is 3. The number of aryl methyl sites for hydroxylation is 1. The van der Waals surface area contributed by atoms with E-state index in [0.717, 1.165) is 5.56 Å². The number of hydrogen-bond acceptors (Lipinski definition) is 4. The highest BCUT2D eigenvalue weighted by molar-refractivity contribution is 7.90. The van der Waals surface area contributed by atoms with Crippen molar-refractivity contribution in [3.05, 3.63) is 23.8 Å². The third-order valence-corrected chi connectivity index (χ3v) is 2.85. The van der Waals surface area contributed by atoms with E-state index in [4.69, 9.17) is 11.5 Å². The second-order valence-corrected chi connectivity index (χ2v) is 5.60. The molecule has 0 aliphatic carbocycles. The summed E-state index contributed by atoms with van der Waals surface area (Å²) >= 11 is 0. The Morgan fingerprint density at radius 1 is 1.29 bits per heavy atom. The fourth-order valence-electron chi connectivity index (χ4n) is 1.14. The van der Waals surface area contributed by atoms with Gasteiger partial charge >= 0.3 is 0 Å². The number of benzene rings is 1. The Hall–Kier alpha value is -1.23. The van der Waals surface area contributed by atoms with Crippen molar-refractivity contribution < 1.29 is 8.42 Å². The molecule has 0 radical (unpaired) electrons. The zero-order valence-electron chi connectivity index (χ0n) is 8.03. The molecule has 1 aromatic rings. The van der Waals surface area contributed by atoms with Gasteiger partial charge in [-0.2, -0.15) is 0 Å². The van der Waals surface area contributed by atoms with Crippen LogP contribution in [0.5, 0.6) is 0 Å². The van der Waals surface area contributed by atoms with E-state index in [9.17, 15) is 8.42 Å². The Morgan fingerprint density at radius 3 is 2.50 bits per heavy atom. The first-order valence-electron chi connectivity index (χ1n) is 4.20. The van der Waals surface area contributed by atoms with Gasteiger partial charge in [0, 0.05) is 17.6 Å². The Bertz CT molecular complexity index is 426. The normalized spacial score (nSPS) is 11.5. The molecular weight excluding hydrogens is 200 g/mol. The van der Waals surface area contributed by atoms with E-state index in [1.54, 1.807) is 18.2 Å². The van der Waals surface area contributed by atoms with Crippen molar-refractivity contribution in [1.82, 2.24) is 0 Å². The van der Waals surface area contributed by atoms with E-state index in [0.29, 0.717) is 17.8 Å². The lowest BCUT2D eigenvalue weighted by atomic mass is 10.1. The highest BCUT2D eigenvalue weighted by atomic mass is 32.2. The maximum absolute atomic E-state index is 10.9. The minimum absolute atomic E-state index is 0.0979. The summed E-state index contributed by atoms with van der Waals surface area (Å²) in [5.41, 5.74) is 13.2. The number of anilines is 2. The van der Waals surface area contributed by atoms with Crippen LogP contribution < -0.4 is 11.5 Å². The van der Waals surface area contributed by atoms with Gasteiger partial charge in [-0.25, -0.2) is 8.42 Å². The first-order valence-corrected chi connectivity index (χ1v) is 6.26. The maximum atomic E-state index is 10.9. The van der Waals surface area contributed by atoms with Gasteiger partial charge in [0.15, 0.2) is 0 Å². The molecule has 0 bridgehead atoms. The second-order valence-electron chi connectivity index (χ2n) is 3.34. The van der Waals surface area contributed by atoms with Crippen LogP contribution in [0.4, 0.5) is 11.4 Å². The largest absolute Gasteiger partial charge is 0.399 e. The van der Waals surface area contributed by atoms with E-state index in [2.05, 4.69) is 0 Å². The van der Waals surface area contributed by atoms with E-state index in [1.807, 2.05) is 0 Å². The average Bonchev–Trinajstić information content (AvgIpc) is 2.05. The van der Waals surface area contributed by atoms with Crippen LogP contribution in [0.3, 0.4) is 0 Å². The predicted octanol–water partition coefficient (Wildman–Crippen LogP) is 0.438. The van der Waals surface area contributed by atoms with Gasteiger partial charge in [-0.3, -0.25) is 0 Å². The zero-order chi connectivity index (χ0) is 10.8. The van der Waals surface area contributed by atoms with Crippen molar-refractivity contribution in [2.75, 3.05) is 23.5 Å². The molecule has 0 fully saturated rings. The highest BCUT2D eigenvalue weighted by Crippen LogP contribution is 2.16. The summed E-state index contributed by atoms with van der Waals surface area (Å²) in [6, 6.07) is 5.09. The number of nitrogens with two attached hydrogens (primary N) is 2. The van der Waals surface area contributed by atoms with Gasteiger partial charge in [0.1, 0.15) is 9.84 Å². The van der Waals surface area contributed by atoms with E-state index >= 15 is 0 Å². The average molecular weight is 214 g/mol. The van der Waals surface area contributed by atoms with Gasteiger partial charge in [-0.15, -0.1) is 0 Å². The second kappa shape index (κ2) is 3.88. The summed E-state index contributed by atoms with van der Waals surface area (Å²) in [5.74, 6) is 0.0979. The summed E-state index contributed by atoms with van der Waals surface area (Å²) in [7, 11) is -2.95. The van der Waals surface area contributed by atoms with E-state index in [1.165, 1.54) is 6.26 Å². The summed E-state index contributed by atoms with van der Waals surface area (Å²) in [5, 5.41) is 0. The lowest BCUT2D eigenvalue weighted by molar-refractivity contribution is 0.601. The molecular formula is C9H14N2O2S. The molecule has 4 nitrogen and oxygen atoms in total. The lowest BCUT2D eigenvalue weighted by Gasteiger charge is -2.05. The standard InChI is InChI=1S/C9H14N2O2S/c1-14(12,13)5-4-7-6-8(10)2-3-9(7)11/h2-3,6H,4-5,10-11H2,1H3. The van der Waals surface area contributed by atoms with Crippen LogP contribution in [0, 0.1) is 0 Å². The minimum Gasteiger partial charge on any atom is -0.399 e. The first kappa shape index (κ1) is 10.8. The van der Waals surface area contributed by atoms with Crippen molar-refractivity contribution in [2.45, 2.75) is 6.42 Å². The molecule has 0 atom stereocenters.